The first kappa shape index (κ1) is 14.9. The lowest BCUT2D eigenvalue weighted by Crippen LogP contribution is -2.27. The van der Waals surface area contributed by atoms with Crippen LogP contribution in [0.2, 0.25) is 5.02 Å². The van der Waals surface area contributed by atoms with E-state index in [0.29, 0.717) is 0 Å². The molecule has 0 saturated heterocycles. The van der Waals surface area contributed by atoms with Crippen LogP contribution in [0.5, 0.6) is 0 Å². The van der Waals surface area contributed by atoms with Crippen LogP contribution in [0.25, 0.3) is 0 Å². The SMILES string of the molecule is CC(=O)NCCC(O)C(O)c1ccc(Cl)c(F)c1. The molecular weight excluding hydrogens is 261 g/mol. The average molecular weight is 276 g/mol. The third-order valence-electron chi connectivity index (χ3n) is 2.46. The van der Waals surface area contributed by atoms with E-state index < -0.39 is 18.0 Å². The largest absolute Gasteiger partial charge is 0.390 e. The molecule has 0 aliphatic rings. The monoisotopic (exact) mass is 275 g/mol. The van der Waals surface area contributed by atoms with E-state index in [1.165, 1.54) is 19.1 Å². The maximum absolute atomic E-state index is 13.2. The van der Waals surface area contributed by atoms with Crippen LogP contribution in [-0.2, 0) is 4.79 Å². The van der Waals surface area contributed by atoms with E-state index in [1.807, 2.05) is 0 Å². The van der Waals surface area contributed by atoms with Crippen molar-refractivity contribution in [1.29, 1.82) is 0 Å². The van der Waals surface area contributed by atoms with E-state index >= 15 is 0 Å². The Labute approximate surface area is 109 Å². The molecule has 1 rings (SSSR count). The van der Waals surface area contributed by atoms with Gasteiger partial charge in [0.05, 0.1) is 11.1 Å². The minimum atomic E-state index is -1.22. The fraction of sp³-hybridized carbons (Fsp3) is 0.417. The van der Waals surface area contributed by atoms with Crippen molar-refractivity contribution >= 4 is 17.5 Å². The molecule has 0 aromatic heterocycles. The lowest BCUT2D eigenvalue weighted by Gasteiger charge is -2.18. The Hall–Kier alpha value is -1.17. The van der Waals surface area contributed by atoms with Gasteiger partial charge in [-0.15, -0.1) is 0 Å². The van der Waals surface area contributed by atoms with Crippen LogP contribution >= 0.6 is 11.6 Å². The predicted molar refractivity (Wildman–Crippen MR) is 65.7 cm³/mol. The van der Waals surface area contributed by atoms with E-state index in [4.69, 9.17) is 11.6 Å². The lowest BCUT2D eigenvalue weighted by atomic mass is 10.0. The highest BCUT2D eigenvalue weighted by atomic mass is 35.5. The van der Waals surface area contributed by atoms with Crippen molar-refractivity contribution < 1.29 is 19.4 Å². The van der Waals surface area contributed by atoms with E-state index in [0.717, 1.165) is 6.07 Å². The standard InChI is InChI=1S/C12H15ClFNO3/c1-7(16)15-5-4-11(17)12(18)8-2-3-9(13)10(14)6-8/h2-3,6,11-12,17-18H,4-5H2,1H3,(H,15,16). The molecule has 0 aliphatic heterocycles. The van der Waals surface area contributed by atoms with Gasteiger partial charge in [-0.3, -0.25) is 4.79 Å². The van der Waals surface area contributed by atoms with Crippen molar-refractivity contribution in [1.82, 2.24) is 5.32 Å². The minimum absolute atomic E-state index is 0.0429. The number of benzene rings is 1. The van der Waals surface area contributed by atoms with Crippen LogP contribution in [0, 0.1) is 5.82 Å². The van der Waals surface area contributed by atoms with Gasteiger partial charge in [0, 0.05) is 13.5 Å². The van der Waals surface area contributed by atoms with Gasteiger partial charge in [-0.05, 0) is 24.1 Å². The molecule has 0 radical (unpaired) electrons. The molecule has 0 bridgehead atoms. The number of halogens is 2. The average Bonchev–Trinajstić information content (AvgIpc) is 2.31. The zero-order valence-corrected chi connectivity index (χ0v) is 10.6. The molecule has 100 valence electrons. The van der Waals surface area contributed by atoms with E-state index in [-0.39, 0.29) is 29.5 Å². The molecule has 0 heterocycles. The quantitative estimate of drug-likeness (QED) is 0.761. The number of aliphatic hydroxyl groups excluding tert-OH is 2. The van der Waals surface area contributed by atoms with Crippen LogP contribution < -0.4 is 5.32 Å². The normalized spacial score (nSPS) is 14.1. The van der Waals surface area contributed by atoms with Crippen LogP contribution in [-0.4, -0.2) is 28.8 Å². The third kappa shape index (κ3) is 4.25. The number of carbonyl (C=O) groups is 1. The van der Waals surface area contributed by atoms with Gasteiger partial charge in [-0.25, -0.2) is 4.39 Å². The first-order valence-electron chi connectivity index (χ1n) is 5.47. The van der Waals surface area contributed by atoms with Gasteiger partial charge in [0.1, 0.15) is 11.9 Å². The van der Waals surface area contributed by atoms with Crippen molar-refractivity contribution in [3.63, 3.8) is 0 Å². The van der Waals surface area contributed by atoms with Crippen molar-refractivity contribution in [2.24, 2.45) is 0 Å². The van der Waals surface area contributed by atoms with Gasteiger partial charge in [-0.1, -0.05) is 17.7 Å². The Morgan fingerprint density at radius 3 is 2.72 bits per heavy atom. The molecule has 18 heavy (non-hydrogen) atoms. The smallest absolute Gasteiger partial charge is 0.216 e. The Bertz CT molecular complexity index is 428. The molecule has 0 aliphatic carbocycles. The fourth-order valence-electron chi connectivity index (χ4n) is 1.47. The Morgan fingerprint density at radius 2 is 2.17 bits per heavy atom. The summed E-state index contributed by atoms with van der Waals surface area (Å²) in [6, 6.07) is 3.84. The van der Waals surface area contributed by atoms with Gasteiger partial charge in [-0.2, -0.15) is 0 Å². The predicted octanol–water partition coefficient (Wildman–Crippen LogP) is 1.40. The van der Waals surface area contributed by atoms with Crippen LogP contribution in [0.4, 0.5) is 4.39 Å². The summed E-state index contributed by atoms with van der Waals surface area (Å²) in [6.07, 6.45) is -2.13. The molecule has 2 atom stereocenters. The van der Waals surface area contributed by atoms with Crippen molar-refractivity contribution in [3.05, 3.63) is 34.6 Å². The lowest BCUT2D eigenvalue weighted by molar-refractivity contribution is -0.119. The highest BCUT2D eigenvalue weighted by molar-refractivity contribution is 6.30. The molecule has 0 fully saturated rings. The number of aliphatic hydroxyl groups is 2. The first-order valence-corrected chi connectivity index (χ1v) is 5.85. The van der Waals surface area contributed by atoms with Crippen LogP contribution in [0.3, 0.4) is 0 Å². The second-order valence-corrected chi connectivity index (χ2v) is 4.36. The summed E-state index contributed by atoms with van der Waals surface area (Å²) in [5.74, 6) is -0.864. The summed E-state index contributed by atoms with van der Waals surface area (Å²) < 4.78 is 13.2. The summed E-state index contributed by atoms with van der Waals surface area (Å²) in [6.45, 7) is 1.60. The Morgan fingerprint density at radius 1 is 1.50 bits per heavy atom. The van der Waals surface area contributed by atoms with Gasteiger partial charge in [0.25, 0.3) is 0 Å². The van der Waals surface area contributed by atoms with Crippen molar-refractivity contribution in [3.8, 4) is 0 Å². The number of amides is 1. The number of carbonyl (C=O) groups excluding carboxylic acids is 1. The molecular formula is C12H15ClFNO3. The molecule has 2 unspecified atom stereocenters. The number of hydrogen-bond acceptors (Lipinski definition) is 3. The molecule has 1 aromatic carbocycles. The molecule has 1 aromatic rings. The molecule has 0 spiro atoms. The number of rotatable bonds is 5. The Balaban J connectivity index is 2.59. The molecule has 0 saturated carbocycles. The Kier molecular flexibility index (Phi) is 5.53. The zero-order valence-electron chi connectivity index (χ0n) is 9.86. The second-order valence-electron chi connectivity index (χ2n) is 3.96. The maximum Gasteiger partial charge on any atom is 0.216 e. The van der Waals surface area contributed by atoms with Crippen molar-refractivity contribution in [2.75, 3.05) is 6.54 Å². The number of hydrogen-bond donors (Lipinski definition) is 3. The molecule has 4 nitrogen and oxygen atoms in total. The van der Waals surface area contributed by atoms with Gasteiger partial charge in [0.15, 0.2) is 0 Å². The zero-order chi connectivity index (χ0) is 13.7. The van der Waals surface area contributed by atoms with Crippen LogP contribution in [0.1, 0.15) is 25.0 Å². The van der Waals surface area contributed by atoms with E-state index in [2.05, 4.69) is 5.32 Å². The maximum atomic E-state index is 13.2. The number of nitrogens with one attached hydrogen (secondary N) is 1. The summed E-state index contributed by atoms with van der Waals surface area (Å²) in [7, 11) is 0. The van der Waals surface area contributed by atoms with Gasteiger partial charge < -0.3 is 15.5 Å². The van der Waals surface area contributed by atoms with Gasteiger partial charge >= 0.3 is 0 Å². The topological polar surface area (TPSA) is 69.6 Å². The minimum Gasteiger partial charge on any atom is -0.390 e. The molecule has 6 heteroatoms. The van der Waals surface area contributed by atoms with Crippen LogP contribution in [0.15, 0.2) is 18.2 Å². The highest BCUT2D eigenvalue weighted by Crippen LogP contribution is 2.23. The second kappa shape index (κ2) is 6.68. The third-order valence-corrected chi connectivity index (χ3v) is 2.77. The summed E-state index contributed by atoms with van der Waals surface area (Å²) in [4.78, 5) is 10.6. The summed E-state index contributed by atoms with van der Waals surface area (Å²) in [5, 5.41) is 21.9. The summed E-state index contributed by atoms with van der Waals surface area (Å²) in [5.41, 5.74) is 0.243. The molecule has 3 N–H and O–H groups in total. The summed E-state index contributed by atoms with van der Waals surface area (Å²) >= 11 is 5.52. The van der Waals surface area contributed by atoms with Gasteiger partial charge in [0.2, 0.25) is 5.91 Å². The van der Waals surface area contributed by atoms with Crippen molar-refractivity contribution in [2.45, 2.75) is 25.6 Å². The first-order chi connectivity index (χ1) is 8.41. The van der Waals surface area contributed by atoms with E-state index in [1.54, 1.807) is 0 Å². The van der Waals surface area contributed by atoms with E-state index in [9.17, 15) is 19.4 Å². The molecule has 1 amide bonds. The fourth-order valence-corrected chi connectivity index (χ4v) is 1.59. The highest BCUT2D eigenvalue weighted by Gasteiger charge is 2.19.